The number of hydrogen-bond donors (Lipinski definition) is 2. The summed E-state index contributed by atoms with van der Waals surface area (Å²) in [6, 6.07) is 0. The fourth-order valence-electron chi connectivity index (χ4n) is 2.22. The third-order valence-electron chi connectivity index (χ3n) is 3.11. The average Bonchev–Trinajstić information content (AvgIpc) is 2.75. The van der Waals surface area contributed by atoms with E-state index >= 15 is 0 Å². The Bertz CT molecular complexity index is 496. The van der Waals surface area contributed by atoms with E-state index in [0.717, 1.165) is 11.0 Å². The first kappa shape index (κ1) is 14.8. The van der Waals surface area contributed by atoms with Gasteiger partial charge in [-0.3, -0.25) is 4.79 Å². The van der Waals surface area contributed by atoms with Crippen LogP contribution in [0.4, 0.5) is 13.2 Å². The van der Waals surface area contributed by atoms with Gasteiger partial charge in [-0.05, 0) is 6.42 Å². The summed E-state index contributed by atoms with van der Waals surface area (Å²) in [4.78, 5) is 15.3. The van der Waals surface area contributed by atoms with Crippen LogP contribution in [0.2, 0.25) is 0 Å². The summed E-state index contributed by atoms with van der Waals surface area (Å²) in [5, 5.41) is 5.56. The van der Waals surface area contributed by atoms with Crippen LogP contribution in [0.1, 0.15) is 30.6 Å². The third-order valence-corrected chi connectivity index (χ3v) is 3.11. The van der Waals surface area contributed by atoms with E-state index in [1.54, 1.807) is 0 Å². The maximum atomic E-state index is 13.0. The molecular weight excluding hydrogens is 273 g/mol. The van der Waals surface area contributed by atoms with E-state index in [0.29, 0.717) is 37.4 Å². The summed E-state index contributed by atoms with van der Waals surface area (Å²) in [6.07, 6.45) is -3.37. The molecule has 5 nitrogen and oxygen atoms in total. The molecule has 2 N–H and O–H groups in total. The minimum Gasteiger partial charge on any atom is -0.355 e. The van der Waals surface area contributed by atoms with Gasteiger partial charge in [0.15, 0.2) is 0 Å². The second-order valence-electron chi connectivity index (χ2n) is 4.69. The average molecular weight is 290 g/mol. The summed E-state index contributed by atoms with van der Waals surface area (Å²) in [7, 11) is 0. The minimum atomic E-state index is -4.55. The van der Waals surface area contributed by atoms with Crippen molar-refractivity contribution in [2.24, 2.45) is 0 Å². The number of hydrogen-bond acceptors (Lipinski definition) is 3. The fourth-order valence-corrected chi connectivity index (χ4v) is 2.22. The van der Waals surface area contributed by atoms with Crippen LogP contribution in [0, 0.1) is 0 Å². The molecule has 0 bridgehead atoms. The molecule has 1 aromatic heterocycles. The highest BCUT2D eigenvalue weighted by molar-refractivity contribution is 5.75. The van der Waals surface area contributed by atoms with E-state index in [-0.39, 0.29) is 6.54 Å². The van der Waals surface area contributed by atoms with Crippen LogP contribution < -0.4 is 10.6 Å². The van der Waals surface area contributed by atoms with Gasteiger partial charge in [0.25, 0.3) is 0 Å². The predicted molar refractivity (Wildman–Crippen MR) is 65.9 cm³/mol. The number of alkyl halides is 3. The number of carbonyl (C=O) groups is 1. The van der Waals surface area contributed by atoms with E-state index in [9.17, 15) is 18.0 Å². The second kappa shape index (κ2) is 5.82. The molecule has 0 radical (unpaired) electrons. The van der Waals surface area contributed by atoms with E-state index < -0.39 is 17.9 Å². The third kappa shape index (κ3) is 3.12. The lowest BCUT2D eigenvalue weighted by Gasteiger charge is -2.16. The molecule has 20 heavy (non-hydrogen) atoms. The van der Waals surface area contributed by atoms with Crippen LogP contribution in [0.15, 0.2) is 0 Å². The van der Waals surface area contributed by atoms with Gasteiger partial charge < -0.3 is 15.2 Å². The van der Waals surface area contributed by atoms with Crippen LogP contribution in [-0.2, 0) is 30.5 Å². The zero-order valence-electron chi connectivity index (χ0n) is 11.2. The summed E-state index contributed by atoms with van der Waals surface area (Å²) in [5.74, 6) is -1.41. The number of carbonyl (C=O) groups excluding carboxylic acids is 1. The van der Waals surface area contributed by atoms with Crippen LogP contribution in [-0.4, -0.2) is 28.5 Å². The molecule has 1 aliphatic rings. The SMILES string of the molecule is CCCNC(=O)Cn1c(C(F)(F)F)nc2c1CCNC2. The smallest absolute Gasteiger partial charge is 0.355 e. The topological polar surface area (TPSA) is 59.0 Å². The minimum absolute atomic E-state index is 0.308. The van der Waals surface area contributed by atoms with Crippen molar-refractivity contribution in [1.29, 1.82) is 0 Å². The number of aromatic nitrogens is 2. The van der Waals surface area contributed by atoms with Gasteiger partial charge in [0.05, 0.1) is 5.69 Å². The van der Waals surface area contributed by atoms with Gasteiger partial charge in [-0.25, -0.2) is 4.98 Å². The predicted octanol–water partition coefficient (Wildman–Crippen LogP) is 1.07. The van der Waals surface area contributed by atoms with Gasteiger partial charge in [-0.1, -0.05) is 6.92 Å². The number of rotatable bonds is 4. The first-order valence-electron chi connectivity index (χ1n) is 6.56. The molecular formula is C12H17F3N4O. The van der Waals surface area contributed by atoms with E-state index in [4.69, 9.17) is 0 Å². The molecule has 2 heterocycles. The Labute approximate surface area is 114 Å². The second-order valence-corrected chi connectivity index (χ2v) is 4.69. The highest BCUT2D eigenvalue weighted by atomic mass is 19.4. The monoisotopic (exact) mass is 290 g/mol. The van der Waals surface area contributed by atoms with Crippen LogP contribution in [0.3, 0.4) is 0 Å². The standard InChI is InChI=1S/C12H17F3N4O/c1-2-4-17-10(20)7-19-9-3-5-16-6-8(9)18-11(19)12(13,14)15/h16H,2-7H2,1H3,(H,17,20). The van der Waals surface area contributed by atoms with Crippen molar-refractivity contribution in [2.75, 3.05) is 13.1 Å². The quantitative estimate of drug-likeness (QED) is 0.872. The number of nitrogens with one attached hydrogen (secondary N) is 2. The molecule has 0 fully saturated rings. The maximum absolute atomic E-state index is 13.0. The highest BCUT2D eigenvalue weighted by Gasteiger charge is 2.39. The Morgan fingerprint density at radius 2 is 2.25 bits per heavy atom. The number of amides is 1. The van der Waals surface area contributed by atoms with Crippen molar-refractivity contribution in [2.45, 2.75) is 39.0 Å². The number of fused-ring (bicyclic) bond motifs is 1. The first-order valence-corrected chi connectivity index (χ1v) is 6.56. The van der Waals surface area contributed by atoms with E-state index in [1.165, 1.54) is 0 Å². The van der Waals surface area contributed by atoms with Gasteiger partial charge in [0.1, 0.15) is 6.54 Å². The number of halogens is 3. The largest absolute Gasteiger partial charge is 0.449 e. The van der Waals surface area contributed by atoms with Gasteiger partial charge >= 0.3 is 6.18 Å². The van der Waals surface area contributed by atoms with Crippen molar-refractivity contribution >= 4 is 5.91 Å². The van der Waals surface area contributed by atoms with Crippen molar-refractivity contribution in [1.82, 2.24) is 20.2 Å². The summed E-state index contributed by atoms with van der Waals surface area (Å²) in [5.41, 5.74) is 0.884. The lowest BCUT2D eigenvalue weighted by atomic mass is 10.2. The molecule has 0 aliphatic carbocycles. The Morgan fingerprint density at radius 1 is 1.50 bits per heavy atom. The molecule has 0 unspecified atom stereocenters. The van der Waals surface area contributed by atoms with E-state index in [2.05, 4.69) is 15.6 Å². The molecule has 0 aromatic carbocycles. The van der Waals surface area contributed by atoms with Gasteiger partial charge in [0.2, 0.25) is 11.7 Å². The van der Waals surface area contributed by atoms with Crippen molar-refractivity contribution in [3.05, 3.63) is 17.2 Å². The summed E-state index contributed by atoms with van der Waals surface area (Å²) < 4.78 is 40.0. The molecule has 1 amide bonds. The van der Waals surface area contributed by atoms with Crippen molar-refractivity contribution in [3.8, 4) is 0 Å². The Kier molecular flexibility index (Phi) is 4.32. The van der Waals surface area contributed by atoms with Crippen LogP contribution in [0.5, 0.6) is 0 Å². The Hall–Kier alpha value is -1.57. The Balaban J connectivity index is 2.29. The summed E-state index contributed by atoms with van der Waals surface area (Å²) in [6.45, 7) is 2.90. The van der Waals surface area contributed by atoms with Crippen LogP contribution in [0.25, 0.3) is 0 Å². The number of imidazole rings is 1. The zero-order chi connectivity index (χ0) is 14.8. The molecule has 0 atom stereocenters. The molecule has 1 aliphatic heterocycles. The molecule has 112 valence electrons. The lowest BCUT2D eigenvalue weighted by Crippen LogP contribution is -2.32. The maximum Gasteiger partial charge on any atom is 0.449 e. The lowest BCUT2D eigenvalue weighted by molar-refractivity contribution is -0.147. The van der Waals surface area contributed by atoms with Crippen molar-refractivity contribution in [3.63, 3.8) is 0 Å². The molecule has 1 aromatic rings. The summed E-state index contributed by atoms with van der Waals surface area (Å²) >= 11 is 0. The molecule has 2 rings (SSSR count). The Morgan fingerprint density at radius 3 is 2.90 bits per heavy atom. The van der Waals surface area contributed by atoms with Crippen molar-refractivity contribution < 1.29 is 18.0 Å². The van der Waals surface area contributed by atoms with Gasteiger partial charge in [-0.2, -0.15) is 13.2 Å². The van der Waals surface area contributed by atoms with E-state index in [1.807, 2.05) is 6.92 Å². The highest BCUT2D eigenvalue weighted by Crippen LogP contribution is 2.31. The molecule has 0 spiro atoms. The normalized spacial score (nSPS) is 15.0. The molecule has 8 heteroatoms. The van der Waals surface area contributed by atoms with Crippen LogP contribution >= 0.6 is 0 Å². The first-order chi connectivity index (χ1) is 9.43. The fraction of sp³-hybridized carbons (Fsp3) is 0.667. The van der Waals surface area contributed by atoms with Gasteiger partial charge in [0, 0.05) is 31.7 Å². The van der Waals surface area contributed by atoms with Gasteiger partial charge in [-0.15, -0.1) is 0 Å². The number of nitrogens with zero attached hydrogens (tertiary/aromatic N) is 2. The zero-order valence-corrected chi connectivity index (χ0v) is 11.2. The molecule has 0 saturated carbocycles. The molecule has 0 saturated heterocycles.